The maximum absolute atomic E-state index is 12.9. The molecule has 0 saturated heterocycles. The first-order chi connectivity index (χ1) is 13.4. The summed E-state index contributed by atoms with van der Waals surface area (Å²) in [4.78, 5) is 23.0. The molecule has 28 heavy (non-hydrogen) atoms. The van der Waals surface area contributed by atoms with Crippen LogP contribution in [0.15, 0.2) is 64.1 Å². The van der Waals surface area contributed by atoms with Crippen LogP contribution in [0.1, 0.15) is 21.7 Å². The molecule has 0 aliphatic carbocycles. The Labute approximate surface area is 164 Å². The first kappa shape index (κ1) is 19.3. The largest absolute Gasteiger partial charge is 0.478 e. The molecule has 3 rings (SSSR count). The van der Waals surface area contributed by atoms with Crippen LogP contribution in [0.4, 0.5) is 4.39 Å². The van der Waals surface area contributed by atoms with Gasteiger partial charge in [-0.1, -0.05) is 23.7 Å². The molecule has 2 N–H and O–H groups in total. The standard InChI is InChI=1S/C20H14ClFN2O4/c21-17-7-3-13(10-16(17)20(26)27)18-8-6-15(28-18)11-23-24-19(25)9-12-1-4-14(22)5-2-12/h1-8,10-11H,9H2,(H,24,25)(H,26,27)/b23-11+. The summed E-state index contributed by atoms with van der Waals surface area (Å²) in [6.45, 7) is 0. The number of halogens is 2. The topological polar surface area (TPSA) is 91.9 Å². The van der Waals surface area contributed by atoms with Gasteiger partial charge in [-0.25, -0.2) is 14.6 Å². The summed E-state index contributed by atoms with van der Waals surface area (Å²) >= 11 is 5.86. The van der Waals surface area contributed by atoms with Gasteiger partial charge in [-0.15, -0.1) is 0 Å². The van der Waals surface area contributed by atoms with E-state index >= 15 is 0 Å². The highest BCUT2D eigenvalue weighted by Crippen LogP contribution is 2.26. The van der Waals surface area contributed by atoms with E-state index in [9.17, 15) is 14.0 Å². The van der Waals surface area contributed by atoms with E-state index in [1.165, 1.54) is 42.6 Å². The number of benzene rings is 2. The van der Waals surface area contributed by atoms with E-state index < -0.39 is 5.97 Å². The van der Waals surface area contributed by atoms with Crippen molar-refractivity contribution in [2.24, 2.45) is 5.10 Å². The molecular weight excluding hydrogens is 387 g/mol. The third kappa shape index (κ3) is 4.83. The maximum Gasteiger partial charge on any atom is 0.337 e. The number of carboxylic acids is 1. The maximum atomic E-state index is 12.9. The lowest BCUT2D eigenvalue weighted by Crippen LogP contribution is -2.19. The first-order valence-electron chi connectivity index (χ1n) is 8.12. The number of furan rings is 1. The van der Waals surface area contributed by atoms with Gasteiger partial charge in [-0.3, -0.25) is 4.79 Å². The number of rotatable bonds is 6. The highest BCUT2D eigenvalue weighted by Gasteiger charge is 2.12. The molecular formula is C20H14ClFN2O4. The van der Waals surface area contributed by atoms with Crippen molar-refractivity contribution in [3.8, 4) is 11.3 Å². The van der Waals surface area contributed by atoms with Crippen molar-refractivity contribution in [2.45, 2.75) is 6.42 Å². The molecule has 6 nitrogen and oxygen atoms in total. The summed E-state index contributed by atoms with van der Waals surface area (Å²) in [7, 11) is 0. The Kier molecular flexibility index (Phi) is 5.86. The van der Waals surface area contributed by atoms with Gasteiger partial charge in [-0.05, 0) is 48.0 Å². The van der Waals surface area contributed by atoms with Gasteiger partial charge in [0.2, 0.25) is 5.91 Å². The van der Waals surface area contributed by atoms with Crippen molar-refractivity contribution in [3.05, 3.63) is 82.3 Å². The van der Waals surface area contributed by atoms with Crippen LogP contribution in [0.2, 0.25) is 5.02 Å². The number of carbonyl (C=O) groups excluding carboxylic acids is 1. The van der Waals surface area contributed by atoms with Gasteiger partial charge < -0.3 is 9.52 Å². The molecule has 0 bridgehead atoms. The number of hydrazone groups is 1. The van der Waals surface area contributed by atoms with Crippen molar-refractivity contribution < 1.29 is 23.5 Å². The van der Waals surface area contributed by atoms with Crippen LogP contribution < -0.4 is 5.43 Å². The van der Waals surface area contributed by atoms with E-state index in [1.54, 1.807) is 18.2 Å². The fourth-order valence-electron chi connectivity index (χ4n) is 2.41. The predicted octanol–water partition coefficient (Wildman–Crippen LogP) is 4.13. The Morgan fingerprint density at radius 2 is 1.89 bits per heavy atom. The molecule has 1 amide bonds. The van der Waals surface area contributed by atoms with Gasteiger partial charge in [0.25, 0.3) is 0 Å². The SMILES string of the molecule is O=C(Cc1ccc(F)cc1)N/N=C/c1ccc(-c2ccc(Cl)c(C(=O)O)c2)o1. The van der Waals surface area contributed by atoms with Crippen LogP contribution in [0, 0.1) is 5.82 Å². The fraction of sp³-hybridized carbons (Fsp3) is 0.0500. The molecule has 0 aliphatic rings. The number of aromatic carboxylic acids is 1. The van der Waals surface area contributed by atoms with Crippen molar-refractivity contribution in [1.82, 2.24) is 5.43 Å². The third-order valence-corrected chi connectivity index (χ3v) is 4.10. The van der Waals surface area contributed by atoms with Gasteiger partial charge in [0.05, 0.1) is 23.2 Å². The lowest BCUT2D eigenvalue weighted by Gasteiger charge is -2.02. The van der Waals surface area contributed by atoms with Crippen molar-refractivity contribution in [1.29, 1.82) is 0 Å². The molecule has 0 radical (unpaired) electrons. The number of hydrogen-bond donors (Lipinski definition) is 2. The molecule has 142 valence electrons. The Morgan fingerprint density at radius 3 is 2.61 bits per heavy atom. The molecule has 0 aliphatic heterocycles. The van der Waals surface area contributed by atoms with E-state index in [0.29, 0.717) is 22.6 Å². The summed E-state index contributed by atoms with van der Waals surface area (Å²) in [5.74, 6) is -1.07. The third-order valence-electron chi connectivity index (χ3n) is 3.77. The zero-order chi connectivity index (χ0) is 20.1. The highest BCUT2D eigenvalue weighted by molar-refractivity contribution is 6.33. The molecule has 1 aromatic heterocycles. The summed E-state index contributed by atoms with van der Waals surface area (Å²) in [6.07, 6.45) is 1.38. The number of nitrogens with one attached hydrogen (secondary N) is 1. The van der Waals surface area contributed by atoms with Crippen LogP contribution in [0.3, 0.4) is 0 Å². The van der Waals surface area contributed by atoms with E-state index in [0.717, 1.165) is 0 Å². The smallest absolute Gasteiger partial charge is 0.337 e. The Bertz CT molecular complexity index is 1040. The number of amides is 1. The summed E-state index contributed by atoms with van der Waals surface area (Å²) in [5.41, 5.74) is 3.53. The lowest BCUT2D eigenvalue weighted by atomic mass is 10.1. The van der Waals surface area contributed by atoms with Crippen molar-refractivity contribution in [3.63, 3.8) is 0 Å². The zero-order valence-corrected chi connectivity index (χ0v) is 15.1. The highest BCUT2D eigenvalue weighted by atomic mass is 35.5. The number of carboxylic acid groups (broad SMARTS) is 1. The number of carbonyl (C=O) groups is 2. The predicted molar refractivity (Wildman–Crippen MR) is 102 cm³/mol. The van der Waals surface area contributed by atoms with Crippen LogP contribution in [-0.4, -0.2) is 23.2 Å². The number of hydrogen-bond acceptors (Lipinski definition) is 4. The molecule has 3 aromatic rings. The summed E-state index contributed by atoms with van der Waals surface area (Å²) < 4.78 is 18.4. The van der Waals surface area contributed by atoms with Crippen LogP contribution in [-0.2, 0) is 11.2 Å². The first-order valence-corrected chi connectivity index (χ1v) is 8.49. The lowest BCUT2D eigenvalue weighted by molar-refractivity contribution is -0.120. The molecule has 1 heterocycles. The minimum absolute atomic E-state index is 0.0289. The average Bonchev–Trinajstić information content (AvgIpc) is 3.12. The van der Waals surface area contributed by atoms with E-state index in [2.05, 4.69) is 10.5 Å². The normalized spacial score (nSPS) is 10.9. The monoisotopic (exact) mass is 400 g/mol. The van der Waals surface area contributed by atoms with Gasteiger partial charge in [-0.2, -0.15) is 5.10 Å². The minimum atomic E-state index is -1.14. The minimum Gasteiger partial charge on any atom is -0.478 e. The molecule has 0 atom stereocenters. The second kappa shape index (κ2) is 8.49. The van der Waals surface area contributed by atoms with Gasteiger partial charge in [0.15, 0.2) is 0 Å². The quantitative estimate of drug-likeness (QED) is 0.480. The van der Waals surface area contributed by atoms with E-state index in [1.807, 2.05) is 0 Å². The zero-order valence-electron chi connectivity index (χ0n) is 14.4. The Morgan fingerprint density at radius 1 is 1.14 bits per heavy atom. The van der Waals surface area contributed by atoms with Crippen molar-refractivity contribution >= 4 is 29.7 Å². The van der Waals surface area contributed by atoms with E-state index in [-0.39, 0.29) is 28.7 Å². The molecule has 0 spiro atoms. The van der Waals surface area contributed by atoms with Gasteiger partial charge in [0.1, 0.15) is 17.3 Å². The molecule has 2 aromatic carbocycles. The molecule has 0 fully saturated rings. The molecule has 0 saturated carbocycles. The fourth-order valence-corrected chi connectivity index (χ4v) is 2.61. The van der Waals surface area contributed by atoms with Crippen LogP contribution in [0.5, 0.6) is 0 Å². The second-order valence-electron chi connectivity index (χ2n) is 5.80. The van der Waals surface area contributed by atoms with Gasteiger partial charge in [0, 0.05) is 5.56 Å². The average molecular weight is 401 g/mol. The number of nitrogens with zero attached hydrogens (tertiary/aromatic N) is 1. The van der Waals surface area contributed by atoms with E-state index in [4.69, 9.17) is 21.1 Å². The summed E-state index contributed by atoms with van der Waals surface area (Å²) in [6, 6.07) is 13.4. The Hall–Kier alpha value is -3.45. The van der Waals surface area contributed by atoms with Crippen molar-refractivity contribution in [2.75, 3.05) is 0 Å². The Balaban J connectivity index is 1.62. The van der Waals surface area contributed by atoms with Gasteiger partial charge >= 0.3 is 5.97 Å². The molecule has 0 unspecified atom stereocenters. The molecule has 8 heteroatoms. The van der Waals surface area contributed by atoms with Crippen LogP contribution in [0.25, 0.3) is 11.3 Å². The summed E-state index contributed by atoms with van der Waals surface area (Å²) in [5, 5.41) is 13.1. The second-order valence-corrected chi connectivity index (χ2v) is 6.21. The van der Waals surface area contributed by atoms with Crippen LogP contribution >= 0.6 is 11.6 Å².